The highest BCUT2D eigenvalue weighted by Crippen LogP contribution is 2.24. The summed E-state index contributed by atoms with van der Waals surface area (Å²) in [6, 6.07) is 2.36. The van der Waals surface area contributed by atoms with Gasteiger partial charge in [0.2, 0.25) is 0 Å². The third kappa shape index (κ3) is 3.51. The number of nitrogens with zero attached hydrogens (tertiary/aromatic N) is 4. The Labute approximate surface area is 133 Å². The summed E-state index contributed by atoms with van der Waals surface area (Å²) in [6.45, 7) is 3.25. The van der Waals surface area contributed by atoms with Gasteiger partial charge in [0.1, 0.15) is 11.3 Å². The van der Waals surface area contributed by atoms with Gasteiger partial charge in [-0.15, -0.1) is 11.6 Å². The summed E-state index contributed by atoms with van der Waals surface area (Å²) in [5.41, 5.74) is 1.87. The predicted molar refractivity (Wildman–Crippen MR) is 87.5 cm³/mol. The monoisotopic (exact) mass is 358 g/mol. The normalized spacial score (nSPS) is 13.3. The van der Waals surface area contributed by atoms with Gasteiger partial charge in [0.15, 0.2) is 5.65 Å². The lowest BCUT2D eigenvalue weighted by atomic mass is 10.2. The molecular formula is C14H20BrClN4. The van der Waals surface area contributed by atoms with E-state index < -0.39 is 0 Å². The minimum Gasteiger partial charge on any atom is -0.310 e. The van der Waals surface area contributed by atoms with Gasteiger partial charge in [0.05, 0.1) is 0 Å². The van der Waals surface area contributed by atoms with Crippen molar-refractivity contribution in [2.24, 2.45) is 0 Å². The molecule has 6 heteroatoms. The van der Waals surface area contributed by atoms with Crippen molar-refractivity contribution in [1.29, 1.82) is 0 Å². The Hall–Kier alpha value is -0.650. The van der Waals surface area contributed by atoms with Crippen LogP contribution < -0.4 is 0 Å². The van der Waals surface area contributed by atoms with Gasteiger partial charge >= 0.3 is 0 Å². The highest BCUT2D eigenvalue weighted by Gasteiger charge is 2.17. The van der Waals surface area contributed by atoms with Crippen molar-refractivity contribution in [2.45, 2.75) is 25.8 Å². The number of alkyl halides is 1. The van der Waals surface area contributed by atoms with E-state index >= 15 is 0 Å². The maximum atomic E-state index is 5.91. The summed E-state index contributed by atoms with van der Waals surface area (Å²) in [4.78, 5) is 11.4. The number of imidazole rings is 1. The maximum Gasteiger partial charge on any atom is 0.160 e. The van der Waals surface area contributed by atoms with Gasteiger partial charge in [0.25, 0.3) is 0 Å². The molecule has 20 heavy (non-hydrogen) atoms. The average Bonchev–Trinajstić information content (AvgIpc) is 2.73. The summed E-state index contributed by atoms with van der Waals surface area (Å²) in [7, 11) is 4.18. The van der Waals surface area contributed by atoms with Gasteiger partial charge in [-0.1, -0.05) is 0 Å². The molecule has 0 aliphatic rings. The van der Waals surface area contributed by atoms with Crippen LogP contribution in [0.15, 0.2) is 16.7 Å². The first kappa shape index (κ1) is 15.7. The second kappa shape index (κ2) is 6.87. The van der Waals surface area contributed by atoms with Crippen molar-refractivity contribution in [3.63, 3.8) is 0 Å². The summed E-state index contributed by atoms with van der Waals surface area (Å²) < 4.78 is 3.18. The van der Waals surface area contributed by atoms with Gasteiger partial charge in [-0.05, 0) is 56.0 Å². The van der Waals surface area contributed by atoms with Crippen LogP contribution in [-0.4, -0.2) is 46.0 Å². The number of aromatic nitrogens is 3. The maximum absolute atomic E-state index is 5.91. The van der Waals surface area contributed by atoms with Crippen LogP contribution in [0.1, 0.15) is 25.2 Å². The highest BCUT2D eigenvalue weighted by atomic mass is 79.9. The van der Waals surface area contributed by atoms with Crippen LogP contribution >= 0.6 is 27.5 Å². The number of pyridine rings is 1. The zero-order valence-corrected chi connectivity index (χ0v) is 14.4. The van der Waals surface area contributed by atoms with E-state index in [4.69, 9.17) is 11.6 Å². The van der Waals surface area contributed by atoms with Crippen molar-refractivity contribution in [1.82, 2.24) is 19.4 Å². The molecule has 2 aromatic rings. The fourth-order valence-corrected chi connectivity index (χ4v) is 2.79. The summed E-state index contributed by atoms with van der Waals surface area (Å²) >= 11 is 9.36. The largest absolute Gasteiger partial charge is 0.310 e. The number of hydrogen-bond donors (Lipinski definition) is 0. The summed E-state index contributed by atoms with van der Waals surface area (Å²) in [5.74, 6) is 1.59. The van der Waals surface area contributed by atoms with E-state index in [1.807, 2.05) is 12.3 Å². The third-order valence-electron chi connectivity index (χ3n) is 3.32. The van der Waals surface area contributed by atoms with E-state index in [-0.39, 0.29) is 0 Å². The zero-order chi connectivity index (χ0) is 14.7. The van der Waals surface area contributed by atoms with E-state index in [9.17, 15) is 0 Å². The molecule has 0 amide bonds. The molecule has 2 aromatic heterocycles. The molecule has 0 bridgehead atoms. The number of halogens is 2. The SMILES string of the molecule is CC(CCN(C)C)n1c(CCCl)nc2cc(Br)cnc21. The van der Waals surface area contributed by atoms with Crippen molar-refractivity contribution < 1.29 is 0 Å². The average molecular weight is 360 g/mol. The van der Waals surface area contributed by atoms with Gasteiger partial charge in [0, 0.05) is 29.0 Å². The van der Waals surface area contributed by atoms with Gasteiger partial charge in [-0.2, -0.15) is 0 Å². The molecule has 0 aliphatic heterocycles. The number of hydrogen-bond acceptors (Lipinski definition) is 3. The van der Waals surface area contributed by atoms with Gasteiger partial charge in [-0.25, -0.2) is 9.97 Å². The Morgan fingerprint density at radius 2 is 2.20 bits per heavy atom. The molecule has 2 heterocycles. The van der Waals surface area contributed by atoms with E-state index in [1.54, 1.807) is 0 Å². The summed E-state index contributed by atoms with van der Waals surface area (Å²) in [5, 5.41) is 0. The lowest BCUT2D eigenvalue weighted by Gasteiger charge is -2.19. The summed E-state index contributed by atoms with van der Waals surface area (Å²) in [6.07, 6.45) is 3.65. The molecule has 0 N–H and O–H groups in total. The van der Waals surface area contributed by atoms with Crippen molar-refractivity contribution in [3.05, 3.63) is 22.6 Å². The molecule has 0 radical (unpaired) electrons. The second-order valence-electron chi connectivity index (χ2n) is 5.27. The van der Waals surface area contributed by atoms with Crippen LogP contribution in [-0.2, 0) is 6.42 Å². The Bertz CT molecular complexity index is 582. The minimum atomic E-state index is 0.356. The Morgan fingerprint density at radius 1 is 1.45 bits per heavy atom. The fourth-order valence-electron chi connectivity index (χ4n) is 2.30. The molecule has 0 aromatic carbocycles. The van der Waals surface area contributed by atoms with E-state index in [0.717, 1.165) is 40.8 Å². The molecule has 4 nitrogen and oxygen atoms in total. The predicted octanol–water partition coefficient (Wildman–Crippen LogP) is 3.49. The molecule has 1 unspecified atom stereocenters. The molecule has 1 atom stereocenters. The van der Waals surface area contributed by atoms with E-state index in [0.29, 0.717) is 11.9 Å². The Morgan fingerprint density at radius 3 is 2.85 bits per heavy atom. The Balaban J connectivity index is 2.39. The van der Waals surface area contributed by atoms with Crippen molar-refractivity contribution in [3.8, 4) is 0 Å². The Kier molecular flexibility index (Phi) is 5.41. The molecule has 0 aliphatic carbocycles. The minimum absolute atomic E-state index is 0.356. The van der Waals surface area contributed by atoms with Crippen LogP contribution in [0.3, 0.4) is 0 Å². The molecular weight excluding hydrogens is 340 g/mol. The third-order valence-corrected chi connectivity index (χ3v) is 3.95. The first-order valence-corrected chi connectivity index (χ1v) is 8.08. The van der Waals surface area contributed by atoms with Crippen LogP contribution in [0, 0.1) is 0 Å². The molecule has 110 valence electrons. The van der Waals surface area contributed by atoms with E-state index in [2.05, 4.69) is 56.4 Å². The second-order valence-corrected chi connectivity index (χ2v) is 6.57. The lowest BCUT2D eigenvalue weighted by Crippen LogP contribution is -2.19. The number of fused-ring (bicyclic) bond motifs is 1. The molecule has 0 saturated heterocycles. The molecule has 0 saturated carbocycles. The molecule has 2 rings (SSSR count). The zero-order valence-electron chi connectivity index (χ0n) is 12.1. The van der Waals surface area contributed by atoms with Gasteiger partial charge in [-0.3, -0.25) is 0 Å². The first-order valence-electron chi connectivity index (χ1n) is 6.76. The van der Waals surface area contributed by atoms with Crippen molar-refractivity contribution >= 4 is 38.7 Å². The molecule has 0 spiro atoms. The first-order chi connectivity index (χ1) is 9.52. The lowest BCUT2D eigenvalue weighted by molar-refractivity contribution is 0.357. The number of rotatable bonds is 6. The highest BCUT2D eigenvalue weighted by molar-refractivity contribution is 9.10. The topological polar surface area (TPSA) is 34.0 Å². The van der Waals surface area contributed by atoms with Crippen LogP contribution in [0.25, 0.3) is 11.2 Å². The van der Waals surface area contributed by atoms with Crippen LogP contribution in [0.4, 0.5) is 0 Å². The standard InChI is InChI=1S/C14H20BrClN4/c1-10(5-7-19(2)3)20-13(4-6-16)18-12-8-11(15)9-17-14(12)20/h8-10H,4-7H2,1-3H3. The molecule has 0 fully saturated rings. The smallest absolute Gasteiger partial charge is 0.160 e. The fraction of sp³-hybridized carbons (Fsp3) is 0.571. The van der Waals surface area contributed by atoms with Crippen LogP contribution in [0.2, 0.25) is 0 Å². The van der Waals surface area contributed by atoms with Crippen molar-refractivity contribution in [2.75, 3.05) is 26.5 Å². The van der Waals surface area contributed by atoms with Crippen LogP contribution in [0.5, 0.6) is 0 Å². The van der Waals surface area contributed by atoms with Gasteiger partial charge < -0.3 is 9.47 Å². The number of aryl methyl sites for hydroxylation is 1. The van der Waals surface area contributed by atoms with E-state index in [1.165, 1.54) is 0 Å². The quantitative estimate of drug-likeness (QED) is 0.740.